The number of nitrogens with zero attached hydrogens (tertiary/aromatic N) is 3. The fourth-order valence-corrected chi connectivity index (χ4v) is 2.19. The van der Waals surface area contributed by atoms with Crippen molar-refractivity contribution in [3.8, 4) is 0 Å². The van der Waals surface area contributed by atoms with Gasteiger partial charge in [-0.25, -0.2) is 0 Å². The van der Waals surface area contributed by atoms with Gasteiger partial charge in [-0.2, -0.15) is 0 Å². The lowest BCUT2D eigenvalue weighted by atomic mass is 9.99. The highest BCUT2D eigenvalue weighted by Crippen LogP contribution is 2.21. The second-order valence-electron chi connectivity index (χ2n) is 5.15. The average Bonchev–Trinajstić information content (AvgIpc) is 2.68. The highest BCUT2D eigenvalue weighted by Gasteiger charge is 2.27. The van der Waals surface area contributed by atoms with E-state index in [-0.39, 0.29) is 5.92 Å². The van der Waals surface area contributed by atoms with Crippen molar-refractivity contribution in [1.82, 2.24) is 14.8 Å². The molecule has 0 amide bonds. The molecule has 17 heavy (non-hydrogen) atoms. The molecule has 0 aliphatic carbocycles. The second kappa shape index (κ2) is 4.85. The summed E-state index contributed by atoms with van der Waals surface area (Å²) in [6.45, 7) is 4.88. The van der Waals surface area contributed by atoms with Crippen LogP contribution in [-0.2, 0) is 24.2 Å². The van der Waals surface area contributed by atoms with E-state index in [1.807, 2.05) is 4.57 Å². The lowest BCUT2D eigenvalue weighted by Crippen LogP contribution is -2.27. The summed E-state index contributed by atoms with van der Waals surface area (Å²) in [5, 5.41) is 17.4. The maximum Gasteiger partial charge on any atom is 0.308 e. The third-order valence-corrected chi connectivity index (χ3v) is 3.32. The van der Waals surface area contributed by atoms with Gasteiger partial charge < -0.3 is 9.67 Å². The lowest BCUT2D eigenvalue weighted by Gasteiger charge is -2.21. The van der Waals surface area contributed by atoms with Crippen LogP contribution in [0.15, 0.2) is 0 Å². The van der Waals surface area contributed by atoms with E-state index >= 15 is 0 Å². The first kappa shape index (κ1) is 12.1. The molecule has 0 saturated heterocycles. The van der Waals surface area contributed by atoms with Crippen LogP contribution in [0.2, 0.25) is 0 Å². The highest BCUT2D eigenvalue weighted by molar-refractivity contribution is 5.70. The van der Waals surface area contributed by atoms with Crippen LogP contribution >= 0.6 is 0 Å². The standard InChI is InChI=1S/C12H19N3O2/c1-8(2)3-5-10-13-14-11-6-4-9(12(16)17)7-15(10)11/h8-9H,3-7H2,1-2H3,(H,16,17). The van der Waals surface area contributed by atoms with E-state index in [4.69, 9.17) is 5.11 Å². The molecule has 0 radical (unpaired) electrons. The minimum absolute atomic E-state index is 0.281. The fraction of sp³-hybridized carbons (Fsp3) is 0.750. The summed E-state index contributed by atoms with van der Waals surface area (Å²) in [6.07, 6.45) is 3.36. The quantitative estimate of drug-likeness (QED) is 0.862. The van der Waals surface area contributed by atoms with Gasteiger partial charge in [0.1, 0.15) is 11.6 Å². The number of rotatable bonds is 4. The predicted octanol–water partition coefficient (Wildman–Crippen LogP) is 1.51. The summed E-state index contributed by atoms with van der Waals surface area (Å²) in [4.78, 5) is 11.0. The number of fused-ring (bicyclic) bond motifs is 1. The topological polar surface area (TPSA) is 68.0 Å². The Morgan fingerprint density at radius 2 is 2.29 bits per heavy atom. The Balaban J connectivity index is 2.11. The summed E-state index contributed by atoms with van der Waals surface area (Å²) < 4.78 is 2.00. The maximum absolute atomic E-state index is 11.0. The second-order valence-corrected chi connectivity index (χ2v) is 5.15. The molecule has 1 aliphatic rings. The van der Waals surface area contributed by atoms with Gasteiger partial charge in [0, 0.05) is 19.4 Å². The Morgan fingerprint density at radius 3 is 2.94 bits per heavy atom. The normalized spacial score (nSPS) is 19.4. The first-order valence-corrected chi connectivity index (χ1v) is 6.21. The molecule has 0 bridgehead atoms. The van der Waals surface area contributed by atoms with E-state index in [9.17, 15) is 4.79 Å². The number of aromatic nitrogens is 3. The monoisotopic (exact) mass is 237 g/mol. The molecular formula is C12H19N3O2. The number of carbonyl (C=O) groups is 1. The molecule has 1 aromatic rings. The number of aliphatic carboxylic acids is 1. The van der Waals surface area contributed by atoms with Gasteiger partial charge >= 0.3 is 5.97 Å². The molecule has 0 aromatic carbocycles. The Labute approximate surface area is 101 Å². The first-order valence-electron chi connectivity index (χ1n) is 6.21. The third kappa shape index (κ3) is 2.65. The molecule has 2 heterocycles. The Morgan fingerprint density at radius 1 is 1.53 bits per heavy atom. The lowest BCUT2D eigenvalue weighted by molar-refractivity contribution is -0.142. The smallest absolute Gasteiger partial charge is 0.308 e. The molecule has 0 saturated carbocycles. The molecule has 1 aromatic heterocycles. The van der Waals surface area contributed by atoms with Crippen molar-refractivity contribution >= 4 is 5.97 Å². The van der Waals surface area contributed by atoms with Gasteiger partial charge in [0.25, 0.3) is 0 Å². The molecule has 1 atom stereocenters. The van der Waals surface area contributed by atoms with Gasteiger partial charge in [-0.15, -0.1) is 10.2 Å². The summed E-state index contributed by atoms with van der Waals surface area (Å²) in [7, 11) is 0. The highest BCUT2D eigenvalue weighted by atomic mass is 16.4. The van der Waals surface area contributed by atoms with Crippen molar-refractivity contribution in [3.05, 3.63) is 11.6 Å². The maximum atomic E-state index is 11.0. The van der Waals surface area contributed by atoms with Gasteiger partial charge in [-0.05, 0) is 18.8 Å². The van der Waals surface area contributed by atoms with E-state index in [1.165, 1.54) is 0 Å². The van der Waals surface area contributed by atoms with Crippen molar-refractivity contribution in [1.29, 1.82) is 0 Å². The van der Waals surface area contributed by atoms with Crippen LogP contribution < -0.4 is 0 Å². The van der Waals surface area contributed by atoms with Crippen molar-refractivity contribution in [2.75, 3.05) is 0 Å². The molecule has 1 aliphatic heterocycles. The molecule has 0 spiro atoms. The van der Waals surface area contributed by atoms with Crippen LogP contribution in [0.5, 0.6) is 0 Å². The van der Waals surface area contributed by atoms with Crippen molar-refractivity contribution in [3.63, 3.8) is 0 Å². The van der Waals surface area contributed by atoms with E-state index in [2.05, 4.69) is 24.0 Å². The third-order valence-electron chi connectivity index (χ3n) is 3.32. The summed E-state index contributed by atoms with van der Waals surface area (Å²) in [6, 6.07) is 0. The van der Waals surface area contributed by atoms with E-state index in [0.717, 1.165) is 30.9 Å². The first-order chi connectivity index (χ1) is 8.08. The van der Waals surface area contributed by atoms with E-state index < -0.39 is 5.97 Å². The zero-order valence-electron chi connectivity index (χ0n) is 10.4. The van der Waals surface area contributed by atoms with Crippen LogP contribution in [0.4, 0.5) is 0 Å². The van der Waals surface area contributed by atoms with E-state index in [0.29, 0.717) is 18.9 Å². The molecule has 1 N–H and O–H groups in total. The number of hydrogen-bond donors (Lipinski definition) is 1. The van der Waals surface area contributed by atoms with Gasteiger partial charge in [-0.1, -0.05) is 13.8 Å². The predicted molar refractivity (Wildman–Crippen MR) is 62.6 cm³/mol. The van der Waals surface area contributed by atoms with Crippen LogP contribution in [-0.4, -0.2) is 25.8 Å². The average molecular weight is 237 g/mol. The van der Waals surface area contributed by atoms with Crippen LogP contribution in [0.3, 0.4) is 0 Å². The van der Waals surface area contributed by atoms with Gasteiger partial charge in [0.15, 0.2) is 0 Å². The zero-order chi connectivity index (χ0) is 12.4. The summed E-state index contributed by atoms with van der Waals surface area (Å²) in [5.74, 6) is 1.53. The fourth-order valence-electron chi connectivity index (χ4n) is 2.19. The minimum atomic E-state index is -0.709. The number of aryl methyl sites for hydroxylation is 2. The molecule has 5 heteroatoms. The van der Waals surface area contributed by atoms with Gasteiger partial charge in [0.05, 0.1) is 5.92 Å². The van der Waals surface area contributed by atoms with Crippen LogP contribution in [0.1, 0.15) is 38.3 Å². The Kier molecular flexibility index (Phi) is 3.45. The van der Waals surface area contributed by atoms with Gasteiger partial charge in [-0.3, -0.25) is 4.79 Å². The number of hydrogen-bond acceptors (Lipinski definition) is 3. The van der Waals surface area contributed by atoms with Crippen LogP contribution in [0.25, 0.3) is 0 Å². The zero-order valence-corrected chi connectivity index (χ0v) is 10.4. The Bertz CT molecular complexity index is 412. The largest absolute Gasteiger partial charge is 0.481 e. The van der Waals surface area contributed by atoms with Crippen molar-refractivity contribution < 1.29 is 9.90 Å². The van der Waals surface area contributed by atoms with Crippen molar-refractivity contribution in [2.45, 2.75) is 46.1 Å². The minimum Gasteiger partial charge on any atom is -0.481 e. The molecule has 2 rings (SSSR count). The van der Waals surface area contributed by atoms with E-state index in [1.54, 1.807) is 0 Å². The summed E-state index contributed by atoms with van der Waals surface area (Å²) >= 11 is 0. The Hall–Kier alpha value is -1.39. The summed E-state index contributed by atoms with van der Waals surface area (Å²) in [5.41, 5.74) is 0. The van der Waals surface area contributed by atoms with Crippen LogP contribution in [0, 0.1) is 11.8 Å². The van der Waals surface area contributed by atoms with Gasteiger partial charge in [0.2, 0.25) is 0 Å². The van der Waals surface area contributed by atoms with Crippen molar-refractivity contribution in [2.24, 2.45) is 11.8 Å². The molecule has 0 fully saturated rings. The molecule has 94 valence electrons. The number of carboxylic acids is 1. The SMILES string of the molecule is CC(C)CCc1nnc2n1CC(C(=O)O)CC2. The number of carboxylic acid groups (broad SMARTS) is 1. The molecular weight excluding hydrogens is 218 g/mol. The molecule has 5 nitrogen and oxygen atoms in total. The molecule has 1 unspecified atom stereocenters.